The van der Waals surface area contributed by atoms with Crippen LogP contribution in [0.1, 0.15) is 16.7 Å². The van der Waals surface area contributed by atoms with Crippen LogP contribution in [0.25, 0.3) is 11.3 Å². The van der Waals surface area contributed by atoms with Crippen LogP contribution in [0.2, 0.25) is 0 Å². The molecule has 6 heteroatoms. The van der Waals surface area contributed by atoms with E-state index in [0.29, 0.717) is 0 Å². The Kier molecular flexibility index (Phi) is 3.02. The zero-order chi connectivity index (χ0) is 14.3. The van der Waals surface area contributed by atoms with Crippen molar-refractivity contribution in [2.75, 3.05) is 13.6 Å². The summed E-state index contributed by atoms with van der Waals surface area (Å²) in [6.45, 7) is 2.93. The largest absolute Gasteiger partial charge is 0.417 e. The van der Waals surface area contributed by atoms with Crippen LogP contribution >= 0.6 is 11.3 Å². The number of cyclic esters (lactones) is 1. The molecule has 0 amide bonds. The molecule has 0 saturated heterocycles. The van der Waals surface area contributed by atoms with Gasteiger partial charge in [-0.2, -0.15) is 0 Å². The lowest BCUT2D eigenvalue weighted by molar-refractivity contribution is -0.136. The number of hydrogen-bond acceptors (Lipinski definition) is 6. The SMILES string of the molecule is CC1=CC(c2ccc(C3=C(N=O)C(=O)O3)s2)=CCN1C. The number of allylic oxidation sites excluding steroid dienone is 3. The number of nitroso groups, excluding NO2 is 1. The fraction of sp³-hybridized carbons (Fsp3) is 0.214. The van der Waals surface area contributed by atoms with Crippen molar-refractivity contribution in [2.45, 2.75) is 6.92 Å². The highest BCUT2D eigenvalue weighted by Crippen LogP contribution is 2.37. The van der Waals surface area contributed by atoms with Crippen LogP contribution in [0, 0.1) is 4.91 Å². The van der Waals surface area contributed by atoms with Gasteiger partial charge >= 0.3 is 5.97 Å². The monoisotopic (exact) mass is 288 g/mol. The molecule has 2 aliphatic rings. The van der Waals surface area contributed by atoms with Crippen LogP contribution in [0.15, 0.2) is 40.9 Å². The van der Waals surface area contributed by atoms with E-state index < -0.39 is 5.97 Å². The maximum Gasteiger partial charge on any atom is 0.370 e. The van der Waals surface area contributed by atoms with E-state index in [-0.39, 0.29) is 11.5 Å². The lowest BCUT2D eigenvalue weighted by Crippen LogP contribution is -2.18. The van der Waals surface area contributed by atoms with Crippen LogP contribution in [0.4, 0.5) is 0 Å². The molecule has 3 heterocycles. The van der Waals surface area contributed by atoms with Crippen molar-refractivity contribution in [3.63, 3.8) is 0 Å². The lowest BCUT2D eigenvalue weighted by atomic mass is 10.1. The van der Waals surface area contributed by atoms with Gasteiger partial charge in [0.25, 0.3) is 0 Å². The first-order valence-electron chi connectivity index (χ1n) is 6.10. The van der Waals surface area contributed by atoms with Gasteiger partial charge in [-0.1, -0.05) is 6.08 Å². The van der Waals surface area contributed by atoms with E-state index in [0.717, 1.165) is 21.9 Å². The predicted molar refractivity (Wildman–Crippen MR) is 77.5 cm³/mol. The molecule has 0 unspecified atom stereocenters. The molecular weight excluding hydrogens is 276 g/mol. The fourth-order valence-corrected chi connectivity index (χ4v) is 3.04. The van der Waals surface area contributed by atoms with Gasteiger partial charge in [0.15, 0.2) is 5.76 Å². The number of esters is 1. The second-order valence-corrected chi connectivity index (χ2v) is 5.73. The average molecular weight is 288 g/mol. The summed E-state index contributed by atoms with van der Waals surface area (Å²) in [6.07, 6.45) is 4.25. The minimum absolute atomic E-state index is 0.123. The Morgan fingerprint density at radius 2 is 2.10 bits per heavy atom. The van der Waals surface area contributed by atoms with Gasteiger partial charge in [-0.15, -0.1) is 16.2 Å². The zero-order valence-electron chi connectivity index (χ0n) is 11.0. The molecule has 0 spiro atoms. The Balaban J connectivity index is 1.91. The van der Waals surface area contributed by atoms with E-state index in [1.165, 1.54) is 17.0 Å². The van der Waals surface area contributed by atoms with Gasteiger partial charge in [0.1, 0.15) is 0 Å². The Morgan fingerprint density at radius 1 is 1.35 bits per heavy atom. The van der Waals surface area contributed by atoms with Crippen LogP contribution in [0.5, 0.6) is 0 Å². The highest BCUT2D eigenvalue weighted by Gasteiger charge is 2.33. The molecule has 0 bridgehead atoms. The predicted octanol–water partition coefficient (Wildman–Crippen LogP) is 2.97. The van der Waals surface area contributed by atoms with Gasteiger partial charge in [-0.3, -0.25) is 0 Å². The second-order valence-electron chi connectivity index (χ2n) is 4.65. The van der Waals surface area contributed by atoms with Crippen LogP contribution < -0.4 is 0 Å². The molecule has 0 atom stereocenters. The molecule has 0 aromatic carbocycles. The molecule has 0 aliphatic carbocycles. The number of thiophene rings is 1. The van der Waals surface area contributed by atoms with Crippen molar-refractivity contribution in [3.05, 3.63) is 50.3 Å². The number of carbonyl (C=O) groups excluding carboxylic acids is 1. The van der Waals surface area contributed by atoms with Gasteiger partial charge in [0, 0.05) is 24.2 Å². The Labute approximate surface area is 119 Å². The summed E-state index contributed by atoms with van der Waals surface area (Å²) in [5.74, 6) is -0.366. The topological polar surface area (TPSA) is 59.0 Å². The molecule has 0 N–H and O–H groups in total. The van der Waals surface area contributed by atoms with Crippen LogP contribution in [-0.4, -0.2) is 24.5 Å². The van der Waals surface area contributed by atoms with Crippen molar-refractivity contribution < 1.29 is 9.53 Å². The van der Waals surface area contributed by atoms with Gasteiger partial charge in [0.05, 0.1) is 4.88 Å². The number of nitrogens with zero attached hydrogens (tertiary/aromatic N) is 2. The third-order valence-corrected chi connectivity index (χ3v) is 4.49. The molecule has 102 valence electrons. The summed E-state index contributed by atoms with van der Waals surface area (Å²) in [7, 11) is 2.04. The minimum atomic E-state index is -0.654. The molecule has 1 aromatic rings. The second kappa shape index (κ2) is 4.72. The number of likely N-dealkylation sites (N-methyl/N-ethyl adjacent to an activating group) is 1. The molecule has 5 nitrogen and oxygen atoms in total. The molecule has 20 heavy (non-hydrogen) atoms. The van der Waals surface area contributed by atoms with E-state index in [1.807, 2.05) is 19.2 Å². The van der Waals surface area contributed by atoms with Crippen LogP contribution in [-0.2, 0) is 9.53 Å². The van der Waals surface area contributed by atoms with Crippen molar-refractivity contribution in [3.8, 4) is 0 Å². The molecule has 0 radical (unpaired) electrons. The third-order valence-electron chi connectivity index (χ3n) is 3.36. The number of carbonyl (C=O) groups is 1. The molecule has 2 aliphatic heterocycles. The average Bonchev–Trinajstić information content (AvgIpc) is 2.88. The molecule has 1 aromatic heterocycles. The maximum atomic E-state index is 11.0. The first kappa shape index (κ1) is 12.8. The quantitative estimate of drug-likeness (QED) is 0.633. The van der Waals surface area contributed by atoms with Gasteiger partial charge in [-0.25, -0.2) is 4.79 Å². The van der Waals surface area contributed by atoms with Crippen LogP contribution in [0.3, 0.4) is 0 Å². The van der Waals surface area contributed by atoms with Gasteiger partial charge < -0.3 is 9.64 Å². The molecule has 3 rings (SSSR count). The minimum Gasteiger partial charge on any atom is -0.417 e. The standard InChI is InChI=1S/C14H12N2O3S/c1-8-7-9(5-6-16(8)2)10-3-4-11(20-10)13-12(15-18)14(17)19-13/h3-5,7H,6H2,1-2H3. The Morgan fingerprint density at radius 3 is 2.75 bits per heavy atom. The highest BCUT2D eigenvalue weighted by atomic mass is 32.1. The van der Waals surface area contributed by atoms with E-state index >= 15 is 0 Å². The van der Waals surface area contributed by atoms with Gasteiger partial charge in [-0.05, 0) is 35.9 Å². The van der Waals surface area contributed by atoms with Gasteiger partial charge in [0.2, 0.25) is 5.70 Å². The van der Waals surface area contributed by atoms with E-state index in [4.69, 9.17) is 4.74 Å². The summed E-state index contributed by atoms with van der Waals surface area (Å²) in [5, 5.41) is 2.70. The first-order valence-corrected chi connectivity index (χ1v) is 6.92. The van der Waals surface area contributed by atoms with Crippen molar-refractivity contribution >= 4 is 28.6 Å². The number of hydrogen-bond donors (Lipinski definition) is 0. The van der Waals surface area contributed by atoms with E-state index in [2.05, 4.69) is 29.2 Å². The van der Waals surface area contributed by atoms with E-state index in [1.54, 1.807) is 0 Å². The summed E-state index contributed by atoms with van der Waals surface area (Å²) in [5.41, 5.74) is 2.22. The van der Waals surface area contributed by atoms with E-state index in [9.17, 15) is 9.70 Å². The molecule has 0 fully saturated rings. The maximum absolute atomic E-state index is 11.0. The molecular formula is C14H12N2O3S. The van der Waals surface area contributed by atoms with Crippen molar-refractivity contribution in [1.29, 1.82) is 0 Å². The highest BCUT2D eigenvalue weighted by molar-refractivity contribution is 7.14. The smallest absolute Gasteiger partial charge is 0.370 e. The summed E-state index contributed by atoms with van der Waals surface area (Å²) in [4.78, 5) is 25.6. The fourth-order valence-electron chi connectivity index (χ4n) is 2.04. The summed E-state index contributed by atoms with van der Waals surface area (Å²) in [6, 6.07) is 3.80. The normalized spacial score (nSPS) is 18.3. The summed E-state index contributed by atoms with van der Waals surface area (Å²) < 4.78 is 4.88. The summed E-state index contributed by atoms with van der Waals surface area (Å²) >= 11 is 1.48. The molecule has 0 saturated carbocycles. The lowest BCUT2D eigenvalue weighted by Gasteiger charge is -2.22. The van der Waals surface area contributed by atoms with Crippen molar-refractivity contribution in [2.24, 2.45) is 5.18 Å². The first-order chi connectivity index (χ1) is 9.60. The van der Waals surface area contributed by atoms with Crippen molar-refractivity contribution in [1.82, 2.24) is 4.90 Å². The third kappa shape index (κ3) is 1.98. The number of rotatable bonds is 3. The zero-order valence-corrected chi connectivity index (χ0v) is 11.9. The number of ether oxygens (including phenoxy) is 1. The Bertz CT molecular complexity index is 697. The Hall–Kier alpha value is -2.21.